The van der Waals surface area contributed by atoms with Gasteiger partial charge in [0.1, 0.15) is 5.75 Å². The smallest absolute Gasteiger partial charge is 0.142 e. The average molecular weight is 344 g/mol. The number of fused-ring (bicyclic) bond motifs is 1. The highest BCUT2D eigenvalue weighted by atomic mass is 16.5. The highest BCUT2D eigenvalue weighted by Crippen LogP contribution is 2.28. The molecule has 0 saturated heterocycles. The predicted octanol–water partition coefficient (Wildman–Crippen LogP) is 5.03. The largest absolute Gasteiger partial charge is 0.495 e. The third-order valence-corrected chi connectivity index (χ3v) is 5.02. The van der Waals surface area contributed by atoms with Crippen molar-refractivity contribution in [1.82, 2.24) is 10.3 Å². The van der Waals surface area contributed by atoms with Crippen molar-refractivity contribution in [2.45, 2.75) is 18.9 Å². The van der Waals surface area contributed by atoms with Crippen LogP contribution in [0.15, 0.2) is 66.9 Å². The van der Waals surface area contributed by atoms with Gasteiger partial charge in [-0.1, -0.05) is 54.6 Å². The van der Waals surface area contributed by atoms with Crippen molar-refractivity contribution >= 4 is 22.6 Å². The fourth-order valence-electron chi connectivity index (χ4n) is 3.65. The molecule has 1 aromatic heterocycles. The number of ether oxygens (including phenoxy) is 1. The maximum Gasteiger partial charge on any atom is 0.142 e. The molecule has 0 fully saturated rings. The average Bonchev–Trinajstić information content (AvgIpc) is 3.19. The molecule has 1 aliphatic rings. The lowest BCUT2D eigenvalue weighted by molar-refractivity contribution is 0.419. The van der Waals surface area contributed by atoms with Crippen LogP contribution in [0.4, 0.5) is 0 Å². The molecular formula is C23H24N2O. The summed E-state index contributed by atoms with van der Waals surface area (Å²) < 4.78 is 5.42. The zero-order chi connectivity index (χ0) is 17.8. The molecule has 1 unspecified atom stereocenters. The lowest BCUT2D eigenvalue weighted by Crippen LogP contribution is -2.32. The Labute approximate surface area is 154 Å². The number of benzene rings is 2. The quantitative estimate of drug-likeness (QED) is 0.681. The number of hydrogen-bond acceptors (Lipinski definition) is 2. The van der Waals surface area contributed by atoms with Gasteiger partial charge in [-0.15, -0.1) is 0 Å². The van der Waals surface area contributed by atoms with Crippen LogP contribution in [-0.4, -0.2) is 24.7 Å². The van der Waals surface area contributed by atoms with E-state index in [4.69, 9.17) is 4.74 Å². The normalized spacial score (nSPS) is 17.6. The van der Waals surface area contributed by atoms with Crippen molar-refractivity contribution in [3.63, 3.8) is 0 Å². The van der Waals surface area contributed by atoms with Crippen molar-refractivity contribution in [3.05, 3.63) is 78.0 Å². The van der Waals surface area contributed by atoms with Crippen LogP contribution in [-0.2, 0) is 0 Å². The first kappa shape index (κ1) is 16.7. The van der Waals surface area contributed by atoms with Gasteiger partial charge >= 0.3 is 0 Å². The molecule has 0 saturated carbocycles. The first-order valence-electron chi connectivity index (χ1n) is 9.13. The fourth-order valence-corrected chi connectivity index (χ4v) is 3.65. The van der Waals surface area contributed by atoms with Gasteiger partial charge in [0.05, 0.1) is 12.6 Å². The molecule has 0 bridgehead atoms. The number of H-pyrrole nitrogens is 1. The standard InChI is InChI=1S/C23H24N2O/c1-26-22-11-10-18(21-13-15-25-23(21)22)8-5-9-20-16-19(12-14-24-20)17-6-3-2-4-7-17/h2-8,10-13,15,20,24-25H,9,14,16H2,1H3/b8-5+. The summed E-state index contributed by atoms with van der Waals surface area (Å²) in [7, 11) is 1.71. The lowest BCUT2D eigenvalue weighted by atomic mass is 9.93. The topological polar surface area (TPSA) is 37.0 Å². The molecule has 4 rings (SSSR count). The van der Waals surface area contributed by atoms with Gasteiger partial charge in [-0.3, -0.25) is 0 Å². The van der Waals surface area contributed by atoms with Crippen molar-refractivity contribution in [1.29, 1.82) is 0 Å². The molecule has 3 aromatic rings. The number of methoxy groups -OCH3 is 1. The number of nitrogens with one attached hydrogen (secondary N) is 2. The summed E-state index contributed by atoms with van der Waals surface area (Å²) in [5, 5.41) is 4.80. The molecule has 132 valence electrons. The van der Waals surface area contributed by atoms with Crippen LogP contribution in [0.3, 0.4) is 0 Å². The van der Waals surface area contributed by atoms with E-state index >= 15 is 0 Å². The maximum atomic E-state index is 5.42. The zero-order valence-corrected chi connectivity index (χ0v) is 15.0. The minimum Gasteiger partial charge on any atom is -0.495 e. The third-order valence-electron chi connectivity index (χ3n) is 5.02. The van der Waals surface area contributed by atoms with Gasteiger partial charge in [-0.25, -0.2) is 0 Å². The van der Waals surface area contributed by atoms with Gasteiger partial charge in [-0.2, -0.15) is 0 Å². The Hall–Kier alpha value is -2.78. The number of aromatic amines is 1. The van der Waals surface area contributed by atoms with E-state index in [1.54, 1.807) is 7.11 Å². The first-order chi connectivity index (χ1) is 12.8. The molecule has 1 aliphatic heterocycles. The minimum atomic E-state index is 0.478. The van der Waals surface area contributed by atoms with E-state index in [1.165, 1.54) is 22.1 Å². The second-order valence-electron chi connectivity index (χ2n) is 6.67. The number of hydrogen-bond donors (Lipinski definition) is 2. The summed E-state index contributed by atoms with van der Waals surface area (Å²) in [5.41, 5.74) is 5.06. The predicted molar refractivity (Wildman–Crippen MR) is 109 cm³/mol. The third kappa shape index (κ3) is 3.44. The van der Waals surface area contributed by atoms with Crippen LogP contribution in [0.1, 0.15) is 24.0 Å². The van der Waals surface area contributed by atoms with Crippen molar-refractivity contribution in [3.8, 4) is 5.75 Å². The van der Waals surface area contributed by atoms with Crippen LogP contribution in [0.5, 0.6) is 5.75 Å². The second kappa shape index (κ2) is 7.63. The van der Waals surface area contributed by atoms with Crippen molar-refractivity contribution < 1.29 is 4.74 Å². The number of aromatic nitrogens is 1. The van der Waals surface area contributed by atoms with Crippen LogP contribution < -0.4 is 10.1 Å². The van der Waals surface area contributed by atoms with Gasteiger partial charge in [-0.05, 0) is 41.7 Å². The molecule has 0 amide bonds. The van der Waals surface area contributed by atoms with Gasteiger partial charge in [0.25, 0.3) is 0 Å². The fraction of sp³-hybridized carbons (Fsp3) is 0.217. The Morgan fingerprint density at radius 1 is 1.12 bits per heavy atom. The molecule has 3 heteroatoms. The van der Waals surface area contributed by atoms with E-state index in [2.05, 4.69) is 71.0 Å². The summed E-state index contributed by atoms with van der Waals surface area (Å²) in [5.74, 6) is 0.883. The van der Waals surface area contributed by atoms with E-state index in [1.807, 2.05) is 12.3 Å². The Morgan fingerprint density at radius 3 is 2.85 bits per heavy atom. The molecule has 2 N–H and O–H groups in total. The Kier molecular flexibility index (Phi) is 4.89. The van der Waals surface area contributed by atoms with E-state index in [0.717, 1.165) is 30.7 Å². The zero-order valence-electron chi connectivity index (χ0n) is 15.0. The SMILES string of the molecule is COc1ccc(/C=C/CC2CC(c3ccccc3)=CCN2)c2cc[nH]c12. The van der Waals surface area contributed by atoms with Crippen molar-refractivity contribution in [2.24, 2.45) is 0 Å². The van der Waals surface area contributed by atoms with Gasteiger partial charge in [0.15, 0.2) is 0 Å². The van der Waals surface area contributed by atoms with E-state index in [0.29, 0.717) is 6.04 Å². The van der Waals surface area contributed by atoms with Crippen LogP contribution in [0, 0.1) is 0 Å². The van der Waals surface area contributed by atoms with Gasteiger partial charge in [0, 0.05) is 24.2 Å². The molecule has 0 radical (unpaired) electrons. The Bertz CT molecular complexity index is 937. The summed E-state index contributed by atoms with van der Waals surface area (Å²) in [6.07, 6.45) is 10.9. The highest BCUT2D eigenvalue weighted by Gasteiger charge is 2.14. The Morgan fingerprint density at radius 2 is 2.00 bits per heavy atom. The molecule has 3 nitrogen and oxygen atoms in total. The molecule has 0 spiro atoms. The van der Waals surface area contributed by atoms with Crippen LogP contribution in [0.2, 0.25) is 0 Å². The highest BCUT2D eigenvalue weighted by molar-refractivity contribution is 5.92. The molecule has 1 atom stereocenters. The molecule has 26 heavy (non-hydrogen) atoms. The monoisotopic (exact) mass is 344 g/mol. The first-order valence-corrected chi connectivity index (χ1v) is 9.13. The van der Waals surface area contributed by atoms with E-state index in [9.17, 15) is 0 Å². The van der Waals surface area contributed by atoms with Crippen LogP contribution in [0.25, 0.3) is 22.6 Å². The van der Waals surface area contributed by atoms with Gasteiger partial charge in [0.2, 0.25) is 0 Å². The summed E-state index contributed by atoms with van der Waals surface area (Å²) in [6.45, 7) is 0.938. The van der Waals surface area contributed by atoms with E-state index < -0.39 is 0 Å². The number of rotatable bonds is 5. The summed E-state index contributed by atoms with van der Waals surface area (Å²) in [4.78, 5) is 3.26. The maximum absolute atomic E-state index is 5.42. The molecule has 2 aromatic carbocycles. The lowest BCUT2D eigenvalue weighted by Gasteiger charge is -2.23. The molecular weight excluding hydrogens is 320 g/mol. The van der Waals surface area contributed by atoms with Crippen molar-refractivity contribution in [2.75, 3.05) is 13.7 Å². The Balaban J connectivity index is 1.45. The summed E-state index contributed by atoms with van der Waals surface area (Å²) >= 11 is 0. The molecule has 2 heterocycles. The van der Waals surface area contributed by atoms with Gasteiger partial charge < -0.3 is 15.0 Å². The summed E-state index contributed by atoms with van der Waals surface area (Å²) in [6, 6.07) is 17.4. The van der Waals surface area contributed by atoms with E-state index in [-0.39, 0.29) is 0 Å². The molecule has 0 aliphatic carbocycles. The minimum absolute atomic E-state index is 0.478. The second-order valence-corrected chi connectivity index (χ2v) is 6.67. The van der Waals surface area contributed by atoms with Crippen LogP contribution >= 0.6 is 0 Å².